The number of hydrogen-bond donors (Lipinski definition) is 1. The summed E-state index contributed by atoms with van der Waals surface area (Å²) >= 11 is 0. The third kappa shape index (κ3) is 3.37. The quantitative estimate of drug-likeness (QED) is 0.368. The summed E-state index contributed by atoms with van der Waals surface area (Å²) in [7, 11) is 1.48. The van der Waals surface area contributed by atoms with Gasteiger partial charge in [0.05, 0.1) is 18.1 Å². The highest BCUT2D eigenvalue weighted by atomic mass is 16.5. The Bertz CT molecular complexity index is 1080. The molecule has 0 heterocycles. The molecule has 0 amide bonds. The lowest BCUT2D eigenvalue weighted by Gasteiger charge is -2.70. The maximum Gasteiger partial charge on any atom is 0.312 e. The second-order valence-corrected chi connectivity index (χ2v) is 14.6. The molecular weight excluding hydrogens is 480 g/mol. The monoisotopic (exact) mass is 528 g/mol. The maximum absolute atomic E-state index is 13.4. The second kappa shape index (κ2) is 8.65. The minimum atomic E-state index is -1.00. The molecule has 0 spiro atoms. The van der Waals surface area contributed by atoms with E-state index in [0.29, 0.717) is 24.7 Å². The average molecular weight is 529 g/mol. The second-order valence-electron chi connectivity index (χ2n) is 14.6. The zero-order chi connectivity index (χ0) is 28.1. The number of ketones is 1. The number of esters is 2. The number of Topliss-reactive ketones (excluding diaryl/α,β-unsaturated/α-hetero) is 1. The summed E-state index contributed by atoms with van der Waals surface area (Å²) < 4.78 is 11.0. The highest BCUT2D eigenvalue weighted by molar-refractivity contribution is 5.87. The number of aliphatic hydroxyl groups is 1. The normalized spacial score (nSPS) is 51.9. The van der Waals surface area contributed by atoms with Crippen molar-refractivity contribution in [1.82, 2.24) is 0 Å². The molecule has 6 heteroatoms. The molecule has 5 rings (SSSR count). The number of rotatable bonds is 2. The van der Waals surface area contributed by atoms with Crippen molar-refractivity contribution in [2.24, 2.45) is 51.2 Å². The van der Waals surface area contributed by atoms with Crippen LogP contribution < -0.4 is 0 Å². The molecule has 1 N–H and O–H groups in total. The lowest BCUT2D eigenvalue weighted by atomic mass is 9.34. The SMILES string of the molecule is COC(=O)[C@]12CC[C@@H](C)[C@@](C)(O)[C@H]1C1=CC[C@@H]3[C@@]4(C)CC(=O)[C@H](OC(C)=O)[C@@H](C)[C@@H]4CC[C@@]3(C)[C@]1(C)CC2. The Morgan fingerprint density at radius 1 is 1.03 bits per heavy atom. The molecule has 6 nitrogen and oxygen atoms in total. The summed E-state index contributed by atoms with van der Waals surface area (Å²) in [5, 5.41) is 12.1. The van der Waals surface area contributed by atoms with Crippen molar-refractivity contribution >= 4 is 17.7 Å². The maximum atomic E-state index is 13.4. The van der Waals surface area contributed by atoms with Gasteiger partial charge in [-0.05, 0) is 85.9 Å². The standard InChI is InChI=1S/C32H48O6/c1-18-11-14-32(27(35)37-8)16-15-29(5)22(26(32)31(18,7)36)9-10-24-28(4)17-23(34)25(38-20(3)33)19(2)21(28)12-13-30(24,29)6/h9,18-19,21,24-26,36H,10-17H2,1-8H3/t18-,19+,21+,24-,25-,26-,28+,29-,30-,31-,32+/m1/s1. The molecule has 0 saturated heterocycles. The van der Waals surface area contributed by atoms with Crippen LogP contribution in [0.3, 0.4) is 0 Å². The van der Waals surface area contributed by atoms with E-state index in [-0.39, 0.29) is 51.7 Å². The molecule has 5 aliphatic rings. The first-order valence-corrected chi connectivity index (χ1v) is 14.8. The zero-order valence-corrected chi connectivity index (χ0v) is 24.7. The zero-order valence-electron chi connectivity index (χ0n) is 24.7. The van der Waals surface area contributed by atoms with Crippen molar-refractivity contribution in [3.63, 3.8) is 0 Å². The number of allylic oxidation sites excluding steroid dienone is 1. The van der Waals surface area contributed by atoms with Crippen LogP contribution >= 0.6 is 0 Å². The van der Waals surface area contributed by atoms with E-state index in [1.54, 1.807) is 0 Å². The van der Waals surface area contributed by atoms with Gasteiger partial charge in [-0.2, -0.15) is 0 Å². The fourth-order valence-electron chi connectivity index (χ4n) is 10.9. The molecule has 0 aliphatic heterocycles. The van der Waals surface area contributed by atoms with Crippen LogP contribution in [0.25, 0.3) is 0 Å². The first-order valence-electron chi connectivity index (χ1n) is 14.8. The lowest BCUT2D eigenvalue weighted by molar-refractivity contribution is -0.209. The number of hydrogen-bond acceptors (Lipinski definition) is 6. The first-order chi connectivity index (χ1) is 17.6. The van der Waals surface area contributed by atoms with Crippen molar-refractivity contribution in [2.45, 2.75) is 112 Å². The number of fused-ring (bicyclic) bond motifs is 7. The van der Waals surface area contributed by atoms with E-state index < -0.39 is 17.1 Å². The van der Waals surface area contributed by atoms with Crippen molar-refractivity contribution in [2.75, 3.05) is 7.11 Å². The van der Waals surface area contributed by atoms with E-state index in [0.717, 1.165) is 38.5 Å². The third-order valence-corrected chi connectivity index (χ3v) is 13.3. The fraction of sp³-hybridized carbons (Fsp3) is 0.844. The van der Waals surface area contributed by atoms with Crippen LogP contribution in [0.4, 0.5) is 0 Å². The smallest absolute Gasteiger partial charge is 0.312 e. The van der Waals surface area contributed by atoms with Gasteiger partial charge in [-0.25, -0.2) is 0 Å². The van der Waals surface area contributed by atoms with Crippen LogP contribution in [0.5, 0.6) is 0 Å². The van der Waals surface area contributed by atoms with E-state index in [1.165, 1.54) is 19.6 Å². The molecule has 0 unspecified atom stereocenters. The molecule has 4 saturated carbocycles. The van der Waals surface area contributed by atoms with Crippen molar-refractivity contribution in [3.8, 4) is 0 Å². The highest BCUT2D eigenvalue weighted by Gasteiger charge is 2.71. The molecule has 0 bridgehead atoms. The van der Waals surface area contributed by atoms with Gasteiger partial charge >= 0.3 is 11.9 Å². The largest absolute Gasteiger partial charge is 0.469 e. The van der Waals surface area contributed by atoms with Gasteiger partial charge in [0.1, 0.15) is 0 Å². The van der Waals surface area contributed by atoms with Crippen LogP contribution in [0.2, 0.25) is 0 Å². The van der Waals surface area contributed by atoms with Gasteiger partial charge in [0, 0.05) is 25.2 Å². The molecule has 0 aromatic rings. The van der Waals surface area contributed by atoms with E-state index >= 15 is 0 Å². The molecule has 0 aromatic carbocycles. The third-order valence-electron chi connectivity index (χ3n) is 13.3. The Morgan fingerprint density at radius 2 is 1.71 bits per heavy atom. The summed E-state index contributed by atoms with van der Waals surface area (Å²) in [6.45, 7) is 14.6. The van der Waals surface area contributed by atoms with Gasteiger partial charge in [0.2, 0.25) is 0 Å². The Kier molecular flexibility index (Phi) is 6.34. The van der Waals surface area contributed by atoms with Gasteiger partial charge in [0.15, 0.2) is 11.9 Å². The van der Waals surface area contributed by atoms with Crippen molar-refractivity contribution in [1.29, 1.82) is 0 Å². The van der Waals surface area contributed by atoms with Crippen LogP contribution in [-0.2, 0) is 23.9 Å². The number of ether oxygens (including phenoxy) is 2. The number of methoxy groups -OCH3 is 1. The Morgan fingerprint density at radius 3 is 2.34 bits per heavy atom. The minimum absolute atomic E-state index is 0.00820. The molecule has 0 radical (unpaired) electrons. The Labute approximate surface area is 228 Å². The summed E-state index contributed by atoms with van der Waals surface area (Å²) in [4.78, 5) is 38.6. The average Bonchev–Trinajstić information content (AvgIpc) is 2.83. The summed E-state index contributed by atoms with van der Waals surface area (Å²) in [5.74, 6) is -0.110. The molecule has 0 aromatic heterocycles. The molecular formula is C32H48O6. The molecule has 38 heavy (non-hydrogen) atoms. The predicted octanol–water partition coefficient (Wildman–Crippen LogP) is 5.65. The lowest BCUT2D eigenvalue weighted by Crippen LogP contribution is -2.67. The highest BCUT2D eigenvalue weighted by Crippen LogP contribution is 2.75. The van der Waals surface area contributed by atoms with Crippen LogP contribution in [0.1, 0.15) is 99.8 Å². The van der Waals surface area contributed by atoms with Crippen LogP contribution in [-0.4, -0.2) is 41.6 Å². The number of carbonyl (C=O) groups is 3. The molecule has 5 aliphatic carbocycles. The number of carbonyl (C=O) groups excluding carboxylic acids is 3. The molecule has 11 atom stereocenters. The van der Waals surface area contributed by atoms with Crippen LogP contribution in [0, 0.1) is 51.2 Å². The van der Waals surface area contributed by atoms with Gasteiger partial charge in [-0.15, -0.1) is 0 Å². The van der Waals surface area contributed by atoms with Gasteiger partial charge in [-0.1, -0.05) is 46.3 Å². The van der Waals surface area contributed by atoms with E-state index in [9.17, 15) is 19.5 Å². The molecule has 212 valence electrons. The van der Waals surface area contributed by atoms with E-state index in [1.807, 2.05) is 6.92 Å². The van der Waals surface area contributed by atoms with Gasteiger partial charge in [-0.3, -0.25) is 14.4 Å². The summed E-state index contributed by atoms with van der Waals surface area (Å²) in [6.07, 6.45) is 8.15. The van der Waals surface area contributed by atoms with Crippen molar-refractivity contribution < 1.29 is 29.0 Å². The first kappa shape index (κ1) is 27.9. The fourth-order valence-corrected chi connectivity index (χ4v) is 10.9. The summed E-state index contributed by atoms with van der Waals surface area (Å²) in [5.41, 5.74) is -0.893. The van der Waals surface area contributed by atoms with Gasteiger partial charge < -0.3 is 14.6 Å². The van der Waals surface area contributed by atoms with Crippen molar-refractivity contribution in [3.05, 3.63) is 11.6 Å². The molecule has 4 fully saturated rings. The van der Waals surface area contributed by atoms with Crippen LogP contribution in [0.15, 0.2) is 11.6 Å². The van der Waals surface area contributed by atoms with Gasteiger partial charge in [0.25, 0.3) is 0 Å². The minimum Gasteiger partial charge on any atom is -0.469 e. The van der Waals surface area contributed by atoms with E-state index in [4.69, 9.17) is 9.47 Å². The predicted molar refractivity (Wildman–Crippen MR) is 144 cm³/mol. The summed E-state index contributed by atoms with van der Waals surface area (Å²) in [6, 6.07) is 0. The topological polar surface area (TPSA) is 89.9 Å². The van der Waals surface area contributed by atoms with E-state index in [2.05, 4.69) is 40.7 Å². The Hall–Kier alpha value is -1.69. The Balaban J connectivity index is 1.60.